The molecule has 0 radical (unpaired) electrons. The van der Waals surface area contributed by atoms with Crippen LogP contribution in [0.5, 0.6) is 0 Å². The van der Waals surface area contributed by atoms with Crippen LogP contribution in [0.4, 0.5) is 0 Å². The van der Waals surface area contributed by atoms with Gasteiger partial charge in [-0.2, -0.15) is 0 Å². The molecule has 1 spiro atoms. The van der Waals surface area contributed by atoms with Gasteiger partial charge in [-0.1, -0.05) is 6.92 Å². The van der Waals surface area contributed by atoms with Gasteiger partial charge in [0.25, 0.3) is 0 Å². The summed E-state index contributed by atoms with van der Waals surface area (Å²) in [7, 11) is 0. The zero-order chi connectivity index (χ0) is 12.8. The van der Waals surface area contributed by atoms with Crippen LogP contribution in [0, 0.1) is 0 Å². The number of fused-ring (bicyclic) bond motifs is 2. The Kier molecular flexibility index (Phi) is 2.71. The van der Waals surface area contributed by atoms with Gasteiger partial charge in [-0.3, -0.25) is 0 Å². The second-order valence-corrected chi connectivity index (χ2v) is 6.43. The molecule has 0 saturated carbocycles. The standard InChI is InChI=1S/C14H21NOS/c1-3-11-8-12-13(17-11)4-7-16-14(12)5-6-15-10(2)9-14/h8,10,15H,3-7,9H2,1-2H3/t10-,14?/m0/s1/i/hD. The van der Waals surface area contributed by atoms with Crippen molar-refractivity contribution < 1.29 is 6.15 Å². The van der Waals surface area contributed by atoms with E-state index in [4.69, 9.17) is 6.15 Å². The lowest BCUT2D eigenvalue weighted by molar-refractivity contribution is -0.0870. The highest BCUT2D eigenvalue weighted by atomic mass is 32.1. The van der Waals surface area contributed by atoms with Crippen molar-refractivity contribution in [2.45, 2.75) is 51.2 Å². The smallest absolute Gasteiger partial charge is 0.122 e. The van der Waals surface area contributed by atoms with Crippen molar-refractivity contribution >= 4 is 11.3 Å². The zero-order valence-corrected chi connectivity index (χ0v) is 11.5. The maximum absolute atomic E-state index is 7.89. The van der Waals surface area contributed by atoms with Gasteiger partial charge in [-0.05, 0) is 44.4 Å². The number of hydrogen-bond acceptors (Lipinski definition) is 3. The van der Waals surface area contributed by atoms with Crippen molar-refractivity contribution in [3.63, 3.8) is 0 Å². The first-order chi connectivity index (χ1) is 8.64. The average molecular weight is 252 g/mol. The molecule has 3 heterocycles. The molecular weight excluding hydrogens is 230 g/mol. The van der Waals surface area contributed by atoms with Gasteiger partial charge in [0.05, 0.1) is 12.2 Å². The number of piperidine rings is 1. The first-order valence-electron chi connectivity index (χ1n) is 7.11. The molecular formula is C14H21NOS. The number of rotatable bonds is 1. The van der Waals surface area contributed by atoms with Crippen LogP contribution >= 0.6 is 11.3 Å². The molecule has 1 saturated heterocycles. The Morgan fingerprint density at radius 3 is 3.35 bits per heavy atom. The third-order valence-corrected chi connectivity index (χ3v) is 5.33. The number of ether oxygens (including phenoxy) is 1. The van der Waals surface area contributed by atoms with Gasteiger partial charge in [0, 0.05) is 22.2 Å². The Labute approximate surface area is 109 Å². The number of hydrogen-bond donors (Lipinski definition) is 1. The van der Waals surface area contributed by atoms with Crippen LogP contribution in [0.25, 0.3) is 0 Å². The molecule has 94 valence electrons. The van der Waals surface area contributed by atoms with Gasteiger partial charge in [0.2, 0.25) is 0 Å². The van der Waals surface area contributed by atoms with E-state index in [-0.39, 0.29) is 11.6 Å². The van der Waals surface area contributed by atoms with Crippen molar-refractivity contribution in [2.75, 3.05) is 13.2 Å². The van der Waals surface area contributed by atoms with Crippen LogP contribution in [0.3, 0.4) is 0 Å². The first kappa shape index (κ1) is 10.5. The molecule has 2 aliphatic heterocycles. The molecule has 0 aliphatic carbocycles. The summed E-state index contributed by atoms with van der Waals surface area (Å²) >= 11 is 1.96. The lowest BCUT2D eigenvalue weighted by Gasteiger charge is -2.43. The van der Waals surface area contributed by atoms with E-state index < -0.39 is 0 Å². The Morgan fingerprint density at radius 2 is 2.59 bits per heavy atom. The summed E-state index contributed by atoms with van der Waals surface area (Å²) in [6.07, 6.45) is 4.12. The number of nitrogens with one attached hydrogen (secondary N) is 1. The fourth-order valence-electron chi connectivity index (χ4n) is 3.13. The Hall–Kier alpha value is -0.380. The van der Waals surface area contributed by atoms with E-state index in [1.165, 1.54) is 15.3 Å². The predicted molar refractivity (Wildman–Crippen MR) is 71.7 cm³/mol. The highest BCUT2D eigenvalue weighted by Gasteiger charge is 2.41. The molecule has 1 N–H and O–H groups in total. The maximum Gasteiger partial charge on any atom is 0.122 e. The van der Waals surface area contributed by atoms with Gasteiger partial charge < -0.3 is 10.0 Å². The van der Waals surface area contributed by atoms with Gasteiger partial charge in [0.15, 0.2) is 0 Å². The Bertz CT molecular complexity index is 447. The maximum atomic E-state index is 7.89. The minimum Gasteiger partial charge on any atom is -0.370 e. The molecule has 2 aliphatic rings. The van der Waals surface area contributed by atoms with Crippen LogP contribution in [0.15, 0.2) is 6.07 Å². The molecule has 17 heavy (non-hydrogen) atoms. The van der Waals surface area contributed by atoms with Crippen LogP contribution in [-0.2, 0) is 23.2 Å². The van der Waals surface area contributed by atoms with Gasteiger partial charge in [-0.15, -0.1) is 11.3 Å². The molecule has 3 rings (SSSR count). The lowest BCUT2D eigenvalue weighted by atomic mass is 9.80. The van der Waals surface area contributed by atoms with E-state index >= 15 is 0 Å². The van der Waals surface area contributed by atoms with Crippen molar-refractivity contribution in [1.29, 1.82) is 0 Å². The minimum absolute atomic E-state index is 0.0888. The van der Waals surface area contributed by atoms with Gasteiger partial charge in [0.1, 0.15) is 1.41 Å². The summed E-state index contributed by atoms with van der Waals surface area (Å²) < 4.78 is 14.1. The molecule has 1 unspecified atom stereocenters. The lowest BCUT2D eigenvalue weighted by Crippen LogP contribution is -2.48. The molecule has 1 aromatic rings. The quantitative estimate of drug-likeness (QED) is 0.830. The van der Waals surface area contributed by atoms with Crippen molar-refractivity contribution in [3.05, 3.63) is 21.4 Å². The highest BCUT2D eigenvalue weighted by Crippen LogP contribution is 2.44. The van der Waals surface area contributed by atoms with E-state index in [2.05, 4.69) is 19.9 Å². The topological polar surface area (TPSA) is 21.3 Å². The van der Waals surface area contributed by atoms with Crippen molar-refractivity contribution in [2.24, 2.45) is 0 Å². The zero-order valence-electron chi connectivity index (χ0n) is 11.7. The van der Waals surface area contributed by atoms with E-state index in [0.29, 0.717) is 0 Å². The SMILES string of the molecule is [2H]N1CCC2(C[C@@H]1C)OCCc1sc(CC)cc12. The molecule has 3 heteroatoms. The van der Waals surface area contributed by atoms with E-state index in [1.54, 1.807) is 5.31 Å². The third kappa shape index (κ3) is 1.94. The minimum atomic E-state index is -0.0888. The summed E-state index contributed by atoms with van der Waals surface area (Å²) in [6.45, 7) is 6.03. The molecule has 1 fully saturated rings. The van der Waals surface area contributed by atoms with Crippen molar-refractivity contribution in [1.82, 2.24) is 5.31 Å². The Morgan fingerprint density at radius 1 is 1.71 bits per heavy atom. The fourth-order valence-corrected chi connectivity index (χ4v) is 4.31. The van der Waals surface area contributed by atoms with Gasteiger partial charge >= 0.3 is 0 Å². The van der Waals surface area contributed by atoms with E-state index in [0.717, 1.165) is 38.8 Å². The highest BCUT2D eigenvalue weighted by molar-refractivity contribution is 7.12. The number of aryl methyl sites for hydroxylation is 1. The van der Waals surface area contributed by atoms with Crippen LogP contribution in [-0.4, -0.2) is 19.2 Å². The average Bonchev–Trinajstić information content (AvgIpc) is 2.79. The van der Waals surface area contributed by atoms with Crippen LogP contribution < -0.4 is 5.31 Å². The van der Waals surface area contributed by atoms with Crippen LogP contribution in [0.2, 0.25) is 1.41 Å². The summed E-state index contributed by atoms with van der Waals surface area (Å²) in [5, 5.41) is 1.70. The summed E-state index contributed by atoms with van der Waals surface area (Å²) in [4.78, 5) is 3.01. The Balaban J connectivity index is 1.97. The normalized spacial score (nSPS) is 34.7. The molecule has 0 aromatic carbocycles. The van der Waals surface area contributed by atoms with Gasteiger partial charge in [-0.25, -0.2) is 0 Å². The van der Waals surface area contributed by atoms with E-state index in [1.807, 2.05) is 11.3 Å². The third-order valence-electron chi connectivity index (χ3n) is 3.99. The molecule has 0 bridgehead atoms. The molecule has 2 nitrogen and oxygen atoms in total. The largest absolute Gasteiger partial charge is 0.370 e. The monoisotopic (exact) mass is 252 g/mol. The second kappa shape index (κ2) is 4.38. The summed E-state index contributed by atoms with van der Waals surface area (Å²) in [5.41, 5.74) is 1.35. The summed E-state index contributed by atoms with van der Waals surface area (Å²) in [5.74, 6) is 0. The summed E-state index contributed by atoms with van der Waals surface area (Å²) in [6, 6.07) is 2.65. The molecule has 1 aromatic heterocycles. The molecule has 2 atom stereocenters. The molecule has 0 amide bonds. The predicted octanol–water partition coefficient (Wildman–Crippen LogP) is 2.85. The first-order valence-corrected chi connectivity index (χ1v) is 7.48. The number of thiophene rings is 1. The second-order valence-electron chi connectivity index (χ2n) is 5.21. The van der Waals surface area contributed by atoms with E-state index in [9.17, 15) is 0 Å². The van der Waals surface area contributed by atoms with Crippen LogP contribution in [0.1, 0.15) is 42.0 Å². The fraction of sp³-hybridized carbons (Fsp3) is 0.714. The van der Waals surface area contributed by atoms with Crippen molar-refractivity contribution in [3.8, 4) is 0 Å².